The molecule has 18 heavy (non-hydrogen) atoms. The fourth-order valence-corrected chi connectivity index (χ4v) is 1.96. The molecule has 98 valence electrons. The van der Waals surface area contributed by atoms with Gasteiger partial charge in [0.1, 0.15) is 0 Å². The lowest BCUT2D eigenvalue weighted by atomic mass is 10.2. The first-order chi connectivity index (χ1) is 8.56. The van der Waals surface area contributed by atoms with E-state index in [1.807, 2.05) is 31.0 Å². The van der Waals surface area contributed by atoms with Crippen LogP contribution in [-0.2, 0) is 13.5 Å². The van der Waals surface area contributed by atoms with E-state index in [2.05, 4.69) is 40.0 Å². The van der Waals surface area contributed by atoms with E-state index in [9.17, 15) is 0 Å². The minimum atomic E-state index is 0.423. The maximum atomic E-state index is 4.50. The van der Waals surface area contributed by atoms with Crippen LogP contribution in [0, 0.1) is 6.92 Å². The molecule has 2 heterocycles. The number of aryl methyl sites for hydroxylation is 2. The summed E-state index contributed by atoms with van der Waals surface area (Å²) in [6, 6.07) is 0.423. The van der Waals surface area contributed by atoms with Crippen molar-refractivity contribution < 1.29 is 0 Å². The molecule has 5 nitrogen and oxygen atoms in total. The van der Waals surface area contributed by atoms with E-state index in [0.717, 1.165) is 24.6 Å². The summed E-state index contributed by atoms with van der Waals surface area (Å²) < 4.78 is 3.99. The molecule has 5 heteroatoms. The van der Waals surface area contributed by atoms with Crippen LogP contribution < -0.4 is 5.32 Å². The highest BCUT2D eigenvalue weighted by Crippen LogP contribution is 2.15. The molecule has 0 aliphatic heterocycles. The summed E-state index contributed by atoms with van der Waals surface area (Å²) in [5.74, 6) is 0.950. The van der Waals surface area contributed by atoms with E-state index < -0.39 is 0 Å². The largest absolute Gasteiger partial charge is 0.355 e. The third-order valence-electron chi connectivity index (χ3n) is 2.86. The maximum absolute atomic E-state index is 4.50. The van der Waals surface area contributed by atoms with E-state index in [1.165, 1.54) is 5.56 Å². The van der Waals surface area contributed by atoms with Crippen LogP contribution >= 0.6 is 0 Å². The number of aromatic nitrogens is 4. The lowest BCUT2D eigenvalue weighted by Gasteiger charge is -2.12. The van der Waals surface area contributed by atoms with Crippen LogP contribution in [0.2, 0.25) is 0 Å². The highest BCUT2D eigenvalue weighted by Gasteiger charge is 2.07. The lowest BCUT2D eigenvalue weighted by Crippen LogP contribution is -2.11. The fourth-order valence-electron chi connectivity index (χ4n) is 1.96. The third-order valence-corrected chi connectivity index (χ3v) is 2.86. The first-order valence-electron chi connectivity index (χ1n) is 6.33. The summed E-state index contributed by atoms with van der Waals surface area (Å²) in [5.41, 5.74) is 2.29. The Kier molecular flexibility index (Phi) is 3.69. The zero-order chi connectivity index (χ0) is 13.1. The normalized spacial score (nSPS) is 11.2. The van der Waals surface area contributed by atoms with Crippen molar-refractivity contribution in [3.63, 3.8) is 0 Å². The summed E-state index contributed by atoms with van der Waals surface area (Å²) in [6.07, 6.45) is 6.98. The highest BCUT2D eigenvalue weighted by molar-refractivity contribution is 5.29. The molecule has 2 rings (SSSR count). The van der Waals surface area contributed by atoms with E-state index >= 15 is 0 Å². The Bertz CT molecular complexity index is 509. The Morgan fingerprint density at radius 3 is 2.72 bits per heavy atom. The molecule has 0 aliphatic rings. The van der Waals surface area contributed by atoms with Gasteiger partial charge in [-0.2, -0.15) is 5.10 Å². The van der Waals surface area contributed by atoms with Crippen LogP contribution in [0.4, 0.5) is 5.95 Å². The zero-order valence-electron chi connectivity index (χ0n) is 11.5. The molecule has 2 aromatic rings. The van der Waals surface area contributed by atoms with Crippen molar-refractivity contribution in [3.8, 4) is 0 Å². The number of anilines is 1. The third kappa shape index (κ3) is 2.91. The Balaban J connectivity index is 1.94. The molecule has 2 aromatic heterocycles. The summed E-state index contributed by atoms with van der Waals surface area (Å²) in [5, 5.41) is 7.55. The summed E-state index contributed by atoms with van der Waals surface area (Å²) in [6.45, 7) is 7.21. The van der Waals surface area contributed by atoms with Crippen LogP contribution in [0.3, 0.4) is 0 Å². The van der Waals surface area contributed by atoms with Gasteiger partial charge in [0, 0.05) is 32.0 Å². The highest BCUT2D eigenvalue weighted by atomic mass is 15.2. The molecule has 0 aliphatic carbocycles. The van der Waals surface area contributed by atoms with E-state index in [4.69, 9.17) is 0 Å². The number of imidazole rings is 1. The molecule has 0 aromatic carbocycles. The Morgan fingerprint density at radius 1 is 1.33 bits per heavy atom. The first-order valence-corrected chi connectivity index (χ1v) is 6.33. The Hall–Kier alpha value is -1.78. The van der Waals surface area contributed by atoms with Crippen molar-refractivity contribution in [2.45, 2.75) is 33.2 Å². The van der Waals surface area contributed by atoms with Crippen LogP contribution in [0.15, 0.2) is 18.6 Å². The van der Waals surface area contributed by atoms with Crippen molar-refractivity contribution in [1.29, 1.82) is 0 Å². The average Bonchev–Trinajstić information content (AvgIpc) is 2.85. The SMILES string of the molecule is Cc1cn(C(C)C)c(NCCc2cnn(C)c2)n1. The monoisotopic (exact) mass is 247 g/mol. The van der Waals surface area contributed by atoms with Gasteiger partial charge in [0.2, 0.25) is 5.95 Å². The first kappa shape index (κ1) is 12.7. The van der Waals surface area contributed by atoms with Crippen molar-refractivity contribution in [1.82, 2.24) is 19.3 Å². The smallest absolute Gasteiger partial charge is 0.203 e. The van der Waals surface area contributed by atoms with Crippen molar-refractivity contribution in [2.75, 3.05) is 11.9 Å². The second-order valence-corrected chi connectivity index (χ2v) is 4.91. The number of nitrogens with zero attached hydrogens (tertiary/aromatic N) is 4. The van der Waals surface area contributed by atoms with E-state index in [1.54, 1.807) is 0 Å². The van der Waals surface area contributed by atoms with Gasteiger partial charge >= 0.3 is 0 Å². The molecule has 0 unspecified atom stereocenters. The molecule has 0 bridgehead atoms. The van der Waals surface area contributed by atoms with Gasteiger partial charge in [0.15, 0.2) is 0 Å². The van der Waals surface area contributed by atoms with Crippen LogP contribution in [-0.4, -0.2) is 25.9 Å². The summed E-state index contributed by atoms with van der Waals surface area (Å²) in [7, 11) is 1.94. The molecule has 0 saturated carbocycles. The molecule has 0 saturated heterocycles. The van der Waals surface area contributed by atoms with Gasteiger partial charge in [-0.05, 0) is 32.8 Å². The van der Waals surface area contributed by atoms with Gasteiger partial charge < -0.3 is 9.88 Å². The van der Waals surface area contributed by atoms with Crippen molar-refractivity contribution in [3.05, 3.63) is 29.8 Å². The second kappa shape index (κ2) is 5.25. The average molecular weight is 247 g/mol. The standard InChI is InChI=1S/C13H21N5/c1-10(2)18-8-11(3)16-13(18)14-6-5-12-7-15-17(4)9-12/h7-10H,5-6H2,1-4H3,(H,14,16). The summed E-state index contributed by atoms with van der Waals surface area (Å²) in [4.78, 5) is 4.50. The van der Waals surface area contributed by atoms with E-state index in [-0.39, 0.29) is 0 Å². The molecule has 0 amide bonds. The quantitative estimate of drug-likeness (QED) is 0.880. The van der Waals surface area contributed by atoms with E-state index in [0.29, 0.717) is 6.04 Å². The molecular weight excluding hydrogens is 226 g/mol. The second-order valence-electron chi connectivity index (χ2n) is 4.91. The topological polar surface area (TPSA) is 47.7 Å². The molecule has 0 spiro atoms. The minimum absolute atomic E-state index is 0.423. The Morgan fingerprint density at radius 2 is 2.11 bits per heavy atom. The number of nitrogens with one attached hydrogen (secondary N) is 1. The maximum Gasteiger partial charge on any atom is 0.203 e. The van der Waals surface area contributed by atoms with Gasteiger partial charge in [-0.25, -0.2) is 4.98 Å². The lowest BCUT2D eigenvalue weighted by molar-refractivity contribution is 0.604. The number of hydrogen-bond acceptors (Lipinski definition) is 3. The predicted molar refractivity (Wildman–Crippen MR) is 72.8 cm³/mol. The predicted octanol–water partition coefficient (Wildman–Crippen LogP) is 2.16. The van der Waals surface area contributed by atoms with Gasteiger partial charge in [-0.15, -0.1) is 0 Å². The number of rotatable bonds is 5. The number of hydrogen-bond donors (Lipinski definition) is 1. The van der Waals surface area contributed by atoms with Gasteiger partial charge in [0.05, 0.1) is 11.9 Å². The zero-order valence-corrected chi connectivity index (χ0v) is 11.5. The molecule has 0 fully saturated rings. The van der Waals surface area contributed by atoms with Crippen LogP contribution in [0.5, 0.6) is 0 Å². The van der Waals surface area contributed by atoms with Crippen molar-refractivity contribution >= 4 is 5.95 Å². The van der Waals surface area contributed by atoms with Crippen molar-refractivity contribution in [2.24, 2.45) is 7.05 Å². The molecule has 0 radical (unpaired) electrons. The fraction of sp³-hybridized carbons (Fsp3) is 0.538. The minimum Gasteiger partial charge on any atom is -0.355 e. The molecule has 0 atom stereocenters. The van der Waals surface area contributed by atoms with Crippen LogP contribution in [0.1, 0.15) is 31.1 Å². The molecular formula is C13H21N5. The molecule has 1 N–H and O–H groups in total. The Labute approximate surface area is 108 Å². The van der Waals surface area contributed by atoms with Gasteiger partial charge in [-0.1, -0.05) is 0 Å². The van der Waals surface area contributed by atoms with Crippen LogP contribution in [0.25, 0.3) is 0 Å². The van der Waals surface area contributed by atoms with Gasteiger partial charge in [0.25, 0.3) is 0 Å². The summed E-state index contributed by atoms with van der Waals surface area (Å²) >= 11 is 0. The van der Waals surface area contributed by atoms with Gasteiger partial charge in [-0.3, -0.25) is 4.68 Å².